The molecule has 236 valence electrons. The molecule has 1 unspecified atom stereocenters. The van der Waals surface area contributed by atoms with Crippen LogP contribution in [0.3, 0.4) is 0 Å². The number of nitrogens with one attached hydrogen (secondary N) is 1. The maximum absolute atomic E-state index is 12.4. The number of halogens is 5. The van der Waals surface area contributed by atoms with Gasteiger partial charge in [0.05, 0.1) is 13.7 Å². The van der Waals surface area contributed by atoms with Crippen LogP contribution in [0.1, 0.15) is 70.6 Å². The van der Waals surface area contributed by atoms with Crippen molar-refractivity contribution < 1.29 is 37.3 Å². The summed E-state index contributed by atoms with van der Waals surface area (Å²) in [7, 11) is 1.46. The van der Waals surface area contributed by atoms with Crippen LogP contribution < -0.4 is 10.1 Å². The number of aryl methyl sites for hydroxylation is 1. The number of alkyl halides is 3. The first-order valence-electron chi connectivity index (χ1n) is 13.8. The van der Waals surface area contributed by atoms with Gasteiger partial charge < -0.3 is 19.9 Å². The van der Waals surface area contributed by atoms with Crippen LogP contribution in [-0.2, 0) is 27.4 Å². The van der Waals surface area contributed by atoms with Crippen molar-refractivity contribution >= 4 is 35.1 Å². The number of benzene rings is 2. The number of amides is 1. The van der Waals surface area contributed by atoms with Gasteiger partial charge in [-0.05, 0) is 41.7 Å². The molecule has 11 heteroatoms. The molecule has 0 fully saturated rings. The lowest BCUT2D eigenvalue weighted by molar-refractivity contribution is -0.176. The Morgan fingerprint density at radius 1 is 1.00 bits per heavy atom. The molecule has 0 aliphatic rings. The Morgan fingerprint density at radius 3 is 2.00 bits per heavy atom. The van der Waals surface area contributed by atoms with Gasteiger partial charge in [0.15, 0.2) is 0 Å². The second-order valence-corrected chi connectivity index (χ2v) is 9.91. The maximum Gasteiger partial charge on any atom is 0.411 e. The summed E-state index contributed by atoms with van der Waals surface area (Å²) in [5, 5.41) is 12.0. The van der Waals surface area contributed by atoms with Crippen LogP contribution in [0.25, 0.3) is 11.1 Å². The van der Waals surface area contributed by atoms with Crippen LogP contribution >= 0.6 is 23.2 Å². The number of carboxylic acids is 1. The summed E-state index contributed by atoms with van der Waals surface area (Å²) in [5.74, 6) is -1.41. The SMILES string of the molecule is CC.CCC(C(=O)NC(Cc1ccc(-c2c(C)cc(COCC(F)(F)F)cc2OC)cc1)C(=O)O)=C(Cl)Cl.CCCC. The summed E-state index contributed by atoms with van der Waals surface area (Å²) in [6, 6.07) is 9.12. The molecule has 2 rings (SSSR count). The molecule has 0 aliphatic carbocycles. The number of unbranched alkanes of at least 4 members (excludes halogenated alkanes) is 1. The molecule has 0 saturated heterocycles. The molecule has 0 aromatic heterocycles. The molecule has 2 aromatic carbocycles. The maximum atomic E-state index is 12.4. The quantitative estimate of drug-likeness (QED) is 0.228. The van der Waals surface area contributed by atoms with Crippen molar-refractivity contribution in [2.45, 2.75) is 86.1 Å². The summed E-state index contributed by atoms with van der Waals surface area (Å²) in [6.07, 6.45) is -1.51. The van der Waals surface area contributed by atoms with Gasteiger partial charge in [0.25, 0.3) is 0 Å². The lowest BCUT2D eigenvalue weighted by Gasteiger charge is -2.17. The van der Waals surface area contributed by atoms with E-state index in [-0.39, 0.29) is 29.5 Å². The highest BCUT2D eigenvalue weighted by atomic mass is 35.5. The van der Waals surface area contributed by atoms with Crippen molar-refractivity contribution in [3.63, 3.8) is 0 Å². The van der Waals surface area contributed by atoms with Crippen molar-refractivity contribution in [3.05, 3.63) is 63.2 Å². The van der Waals surface area contributed by atoms with Crippen LogP contribution in [0.2, 0.25) is 0 Å². The molecule has 2 aromatic rings. The third-order valence-electron chi connectivity index (χ3n) is 5.76. The number of rotatable bonds is 12. The van der Waals surface area contributed by atoms with Gasteiger partial charge in [-0.15, -0.1) is 0 Å². The third-order valence-corrected chi connectivity index (χ3v) is 6.21. The number of hydrogen-bond acceptors (Lipinski definition) is 4. The standard InChI is InChI=1S/C25H26Cl2F3NO5.C4H10.C2H6/c1-4-18(22(26)27)23(32)31-19(24(33)34)10-15-5-7-17(8-6-15)21-14(2)9-16(11-20(21)35-3)12-36-13-25(28,29)30;1-3-4-2;1-2/h5-9,11,19H,4,10,12-13H2,1-3H3,(H,31,32)(H,33,34);3-4H2,1-2H3;1-2H3. The topological polar surface area (TPSA) is 84.9 Å². The van der Waals surface area contributed by atoms with Gasteiger partial charge in [-0.3, -0.25) is 4.79 Å². The predicted molar refractivity (Wildman–Crippen MR) is 163 cm³/mol. The van der Waals surface area contributed by atoms with Crippen LogP contribution in [0.5, 0.6) is 5.75 Å². The third kappa shape index (κ3) is 13.9. The lowest BCUT2D eigenvalue weighted by Crippen LogP contribution is -2.43. The molecule has 6 nitrogen and oxygen atoms in total. The van der Waals surface area contributed by atoms with E-state index in [4.69, 9.17) is 32.7 Å². The highest BCUT2D eigenvalue weighted by molar-refractivity contribution is 6.57. The number of carbonyl (C=O) groups is 2. The molecule has 0 heterocycles. The number of aliphatic carboxylic acids is 1. The number of hydrogen-bond donors (Lipinski definition) is 2. The van der Waals surface area contributed by atoms with Crippen molar-refractivity contribution in [3.8, 4) is 16.9 Å². The average molecular weight is 637 g/mol. The van der Waals surface area contributed by atoms with Gasteiger partial charge in [0.2, 0.25) is 5.91 Å². The fraction of sp³-hybridized carbons (Fsp3) is 0.484. The smallest absolute Gasteiger partial charge is 0.411 e. The lowest BCUT2D eigenvalue weighted by atomic mass is 9.95. The van der Waals surface area contributed by atoms with Crippen molar-refractivity contribution in [1.82, 2.24) is 5.32 Å². The number of carbonyl (C=O) groups excluding carboxylic acids is 1. The zero-order valence-corrected chi connectivity index (χ0v) is 26.8. The van der Waals surface area contributed by atoms with Gasteiger partial charge in [0, 0.05) is 17.6 Å². The van der Waals surface area contributed by atoms with Crippen LogP contribution in [0.15, 0.2) is 46.5 Å². The summed E-state index contributed by atoms with van der Waals surface area (Å²) < 4.78 is 47.1. The fourth-order valence-corrected chi connectivity index (χ4v) is 4.03. The molecule has 0 aliphatic heterocycles. The number of carboxylic acid groups (broad SMARTS) is 1. The van der Waals surface area contributed by atoms with Crippen molar-refractivity contribution in [2.75, 3.05) is 13.7 Å². The molecule has 42 heavy (non-hydrogen) atoms. The van der Waals surface area contributed by atoms with Crippen molar-refractivity contribution in [1.29, 1.82) is 0 Å². The molecule has 0 spiro atoms. The zero-order valence-electron chi connectivity index (χ0n) is 25.3. The fourth-order valence-electron chi connectivity index (χ4n) is 3.59. The molecule has 0 saturated carbocycles. The molecule has 0 radical (unpaired) electrons. The normalized spacial score (nSPS) is 11.2. The Hall–Kier alpha value is -2.75. The van der Waals surface area contributed by atoms with E-state index in [1.807, 2.05) is 13.8 Å². The highest BCUT2D eigenvalue weighted by Gasteiger charge is 2.27. The average Bonchev–Trinajstić information content (AvgIpc) is 2.93. The Morgan fingerprint density at radius 2 is 1.57 bits per heavy atom. The first kappa shape index (κ1) is 39.2. The van der Waals surface area contributed by atoms with E-state index < -0.39 is 30.7 Å². The summed E-state index contributed by atoms with van der Waals surface area (Å²) in [5.41, 5.74) is 3.54. The second-order valence-electron chi connectivity index (χ2n) is 8.96. The summed E-state index contributed by atoms with van der Waals surface area (Å²) in [6.45, 7) is 10.3. The minimum absolute atomic E-state index is 0.0177. The Labute approximate surface area is 257 Å². The van der Waals surface area contributed by atoms with Gasteiger partial charge in [-0.1, -0.05) is 101 Å². The molecular formula is C31H42Cl2F3NO5. The predicted octanol–water partition coefficient (Wildman–Crippen LogP) is 8.79. The monoisotopic (exact) mass is 635 g/mol. The van der Waals surface area contributed by atoms with Crippen LogP contribution in [0.4, 0.5) is 13.2 Å². The summed E-state index contributed by atoms with van der Waals surface area (Å²) in [4.78, 5) is 24.0. The van der Waals surface area contributed by atoms with E-state index in [9.17, 15) is 27.9 Å². The Bertz CT molecular complexity index is 1150. The molecule has 2 N–H and O–H groups in total. The van der Waals surface area contributed by atoms with Gasteiger partial charge in [-0.2, -0.15) is 13.2 Å². The van der Waals surface area contributed by atoms with Gasteiger partial charge in [0.1, 0.15) is 22.9 Å². The molecule has 1 atom stereocenters. The van der Waals surface area contributed by atoms with E-state index in [2.05, 4.69) is 19.2 Å². The summed E-state index contributed by atoms with van der Waals surface area (Å²) >= 11 is 11.4. The van der Waals surface area contributed by atoms with Gasteiger partial charge >= 0.3 is 12.1 Å². The van der Waals surface area contributed by atoms with E-state index in [0.717, 1.165) is 16.7 Å². The van der Waals surface area contributed by atoms with Crippen LogP contribution in [0, 0.1) is 6.92 Å². The van der Waals surface area contributed by atoms with E-state index >= 15 is 0 Å². The zero-order chi connectivity index (χ0) is 32.5. The van der Waals surface area contributed by atoms with E-state index in [1.165, 1.54) is 20.0 Å². The Balaban J connectivity index is 0.00000257. The number of ether oxygens (including phenoxy) is 2. The van der Waals surface area contributed by atoms with Crippen molar-refractivity contribution in [2.24, 2.45) is 0 Å². The van der Waals surface area contributed by atoms with Crippen LogP contribution in [-0.4, -0.2) is 42.9 Å². The molecule has 1 amide bonds. The van der Waals surface area contributed by atoms with E-state index in [0.29, 0.717) is 16.9 Å². The molecule has 0 bridgehead atoms. The Kier molecular flexibility index (Phi) is 18.9. The van der Waals surface area contributed by atoms with Gasteiger partial charge in [-0.25, -0.2) is 4.79 Å². The first-order valence-corrected chi connectivity index (χ1v) is 14.5. The molecular weight excluding hydrogens is 594 g/mol. The minimum Gasteiger partial charge on any atom is -0.496 e. The highest BCUT2D eigenvalue weighted by Crippen LogP contribution is 2.35. The largest absolute Gasteiger partial charge is 0.496 e. The minimum atomic E-state index is -4.41. The first-order chi connectivity index (χ1) is 19.8. The second kappa shape index (κ2) is 20.2. The van der Waals surface area contributed by atoms with E-state index in [1.54, 1.807) is 50.2 Å². The number of methoxy groups -OCH3 is 1.